The van der Waals surface area contributed by atoms with E-state index in [1.165, 1.54) is 4.90 Å². The third kappa shape index (κ3) is 5.38. The zero-order valence-electron chi connectivity index (χ0n) is 31.0. The van der Waals surface area contributed by atoms with E-state index in [1.807, 2.05) is 134 Å². The Hall–Kier alpha value is -7.81. The van der Waals surface area contributed by atoms with E-state index in [0.717, 1.165) is 71.9 Å². The SMILES string of the molecule is Cc1cc(C#N)ccc1-c1cccc2c1c1ccccc1n2-c1cccc2c1C(=O)N(c1c(-c3ccccc3)cc(-c3ccccc3)cc1-c1ccccc1)C2=O. The topological polar surface area (TPSA) is 66.1 Å². The number of rotatable bonds is 6. The second-order valence-electron chi connectivity index (χ2n) is 14.4. The lowest BCUT2D eigenvalue weighted by molar-refractivity contribution is 0.0926. The maximum atomic E-state index is 15.4. The van der Waals surface area contributed by atoms with Gasteiger partial charge in [0.15, 0.2) is 0 Å². The van der Waals surface area contributed by atoms with E-state index in [1.54, 1.807) is 6.07 Å². The molecule has 0 unspecified atom stereocenters. The Bertz CT molecular complexity index is 3060. The Morgan fingerprint density at radius 1 is 0.474 bits per heavy atom. The van der Waals surface area contributed by atoms with Gasteiger partial charge in [-0.1, -0.05) is 133 Å². The van der Waals surface area contributed by atoms with Gasteiger partial charge >= 0.3 is 0 Å². The van der Waals surface area contributed by atoms with Gasteiger partial charge in [-0.25, -0.2) is 4.90 Å². The number of carbonyl (C=O) groups excluding carboxylic acids is 2. The van der Waals surface area contributed by atoms with Gasteiger partial charge in [-0.05, 0) is 94.4 Å². The fraction of sp³-hybridized carbons (Fsp3) is 0.0192. The Balaban J connectivity index is 1.22. The fourth-order valence-corrected chi connectivity index (χ4v) is 8.54. The van der Waals surface area contributed by atoms with E-state index in [0.29, 0.717) is 28.1 Å². The molecule has 1 aliphatic heterocycles. The maximum absolute atomic E-state index is 15.4. The summed E-state index contributed by atoms with van der Waals surface area (Å²) in [6.07, 6.45) is 0. The summed E-state index contributed by atoms with van der Waals surface area (Å²) >= 11 is 0. The molecule has 0 bridgehead atoms. The molecule has 1 aromatic heterocycles. The van der Waals surface area contributed by atoms with Gasteiger partial charge < -0.3 is 4.57 Å². The zero-order chi connectivity index (χ0) is 38.6. The molecule has 8 aromatic carbocycles. The van der Waals surface area contributed by atoms with Gasteiger partial charge in [0, 0.05) is 21.9 Å². The van der Waals surface area contributed by atoms with Crippen LogP contribution in [0.25, 0.3) is 72.0 Å². The summed E-state index contributed by atoms with van der Waals surface area (Å²) < 4.78 is 2.12. The van der Waals surface area contributed by atoms with Crippen molar-refractivity contribution < 1.29 is 9.59 Å². The largest absolute Gasteiger partial charge is 0.308 e. The van der Waals surface area contributed by atoms with Crippen LogP contribution in [0.5, 0.6) is 0 Å². The molecule has 268 valence electrons. The van der Waals surface area contributed by atoms with Crippen molar-refractivity contribution in [1.29, 1.82) is 5.26 Å². The smallest absolute Gasteiger partial charge is 0.268 e. The number of hydrogen-bond acceptors (Lipinski definition) is 3. The minimum Gasteiger partial charge on any atom is -0.308 e. The molecular weight excluding hydrogens is 699 g/mol. The van der Waals surface area contributed by atoms with Crippen LogP contribution in [0.4, 0.5) is 5.69 Å². The maximum Gasteiger partial charge on any atom is 0.268 e. The number of benzene rings is 8. The predicted molar refractivity (Wildman–Crippen MR) is 230 cm³/mol. The minimum atomic E-state index is -0.377. The molecular formula is C52H33N3O2. The molecule has 2 amide bonds. The Kier molecular flexibility index (Phi) is 7.98. The van der Waals surface area contributed by atoms with Crippen LogP contribution in [0, 0.1) is 18.3 Å². The summed E-state index contributed by atoms with van der Waals surface area (Å²) in [5, 5.41) is 11.6. The average Bonchev–Trinajstić information content (AvgIpc) is 3.74. The van der Waals surface area contributed by atoms with Crippen LogP contribution in [-0.4, -0.2) is 16.4 Å². The number of aryl methyl sites for hydroxylation is 1. The molecule has 0 N–H and O–H groups in total. The molecule has 9 aromatic rings. The number of anilines is 1. The Morgan fingerprint density at radius 3 is 1.70 bits per heavy atom. The van der Waals surface area contributed by atoms with E-state index in [2.05, 4.69) is 59.2 Å². The van der Waals surface area contributed by atoms with Crippen molar-refractivity contribution in [2.24, 2.45) is 0 Å². The van der Waals surface area contributed by atoms with Gasteiger partial charge in [0.05, 0.1) is 45.2 Å². The van der Waals surface area contributed by atoms with Crippen LogP contribution in [0.15, 0.2) is 182 Å². The summed E-state index contributed by atoms with van der Waals surface area (Å²) in [5.41, 5.74) is 12.8. The van der Waals surface area contributed by atoms with Crippen molar-refractivity contribution in [3.8, 4) is 56.3 Å². The van der Waals surface area contributed by atoms with Crippen molar-refractivity contribution in [3.05, 3.63) is 204 Å². The number of imide groups is 1. The quantitative estimate of drug-likeness (QED) is 0.160. The number of carbonyl (C=O) groups is 2. The van der Waals surface area contributed by atoms with Crippen LogP contribution in [0.2, 0.25) is 0 Å². The number of amides is 2. The highest BCUT2D eigenvalue weighted by Gasteiger charge is 2.42. The van der Waals surface area contributed by atoms with E-state index >= 15 is 4.79 Å². The van der Waals surface area contributed by atoms with Crippen molar-refractivity contribution >= 4 is 39.3 Å². The fourth-order valence-electron chi connectivity index (χ4n) is 8.54. The summed E-state index contributed by atoms with van der Waals surface area (Å²) in [6, 6.07) is 62.3. The highest BCUT2D eigenvalue weighted by molar-refractivity contribution is 6.37. The average molecular weight is 732 g/mol. The molecule has 0 radical (unpaired) electrons. The number of nitriles is 1. The standard InChI is InChI=1S/C52H33N3O2/c1-33-29-34(32-53)27-28-39(33)40-22-13-25-46-48(40)41-21-11-12-24-45(41)54(46)47-26-14-23-42-49(47)52(57)55(51(42)56)50-43(36-17-7-3-8-18-36)30-38(35-15-5-2-6-16-35)31-44(50)37-19-9-4-10-20-37/h2-31H,1H3. The van der Waals surface area contributed by atoms with E-state index < -0.39 is 0 Å². The van der Waals surface area contributed by atoms with E-state index in [-0.39, 0.29) is 11.8 Å². The first-order valence-electron chi connectivity index (χ1n) is 18.9. The first kappa shape index (κ1) is 33.7. The van der Waals surface area contributed by atoms with Gasteiger partial charge in [-0.2, -0.15) is 5.26 Å². The van der Waals surface area contributed by atoms with Crippen molar-refractivity contribution in [3.63, 3.8) is 0 Å². The lowest BCUT2D eigenvalue weighted by Gasteiger charge is -2.24. The van der Waals surface area contributed by atoms with Gasteiger partial charge in [-0.15, -0.1) is 0 Å². The molecule has 1 aliphatic rings. The molecule has 5 heteroatoms. The lowest BCUT2D eigenvalue weighted by Crippen LogP contribution is -2.30. The van der Waals surface area contributed by atoms with Crippen LogP contribution >= 0.6 is 0 Å². The molecule has 0 fully saturated rings. The molecule has 10 rings (SSSR count). The molecule has 0 saturated carbocycles. The minimum absolute atomic E-state index is 0.354. The van der Waals surface area contributed by atoms with Crippen LogP contribution in [0.3, 0.4) is 0 Å². The molecule has 5 nitrogen and oxygen atoms in total. The third-order valence-electron chi connectivity index (χ3n) is 11.1. The summed E-state index contributed by atoms with van der Waals surface area (Å²) in [5.74, 6) is -0.745. The van der Waals surface area contributed by atoms with Crippen LogP contribution in [0.1, 0.15) is 31.8 Å². The monoisotopic (exact) mass is 731 g/mol. The molecule has 2 heterocycles. The van der Waals surface area contributed by atoms with Crippen molar-refractivity contribution in [2.75, 3.05) is 4.90 Å². The van der Waals surface area contributed by atoms with Crippen LogP contribution in [-0.2, 0) is 0 Å². The summed E-state index contributed by atoms with van der Waals surface area (Å²) in [4.78, 5) is 31.8. The molecule has 0 saturated heterocycles. The number of aromatic nitrogens is 1. The normalized spacial score (nSPS) is 12.3. The number of nitrogens with zero attached hydrogens (tertiary/aromatic N) is 3. The first-order valence-corrected chi connectivity index (χ1v) is 18.9. The number of hydrogen-bond donors (Lipinski definition) is 0. The van der Waals surface area contributed by atoms with Crippen LogP contribution < -0.4 is 4.90 Å². The predicted octanol–water partition coefficient (Wildman–Crippen LogP) is 12.4. The highest BCUT2D eigenvalue weighted by Crippen LogP contribution is 2.47. The zero-order valence-corrected chi connectivity index (χ0v) is 31.0. The van der Waals surface area contributed by atoms with Crippen molar-refractivity contribution in [2.45, 2.75) is 6.92 Å². The highest BCUT2D eigenvalue weighted by atomic mass is 16.2. The van der Waals surface area contributed by atoms with Gasteiger partial charge in [0.2, 0.25) is 0 Å². The first-order chi connectivity index (χ1) is 28.0. The molecule has 57 heavy (non-hydrogen) atoms. The molecule has 0 atom stereocenters. The van der Waals surface area contributed by atoms with E-state index in [4.69, 9.17) is 0 Å². The Labute approximate surface area is 329 Å². The molecule has 0 spiro atoms. The van der Waals surface area contributed by atoms with Gasteiger partial charge in [-0.3, -0.25) is 9.59 Å². The van der Waals surface area contributed by atoms with Crippen molar-refractivity contribution in [1.82, 2.24) is 4.57 Å². The lowest BCUT2D eigenvalue weighted by atomic mass is 9.90. The number of fused-ring (bicyclic) bond motifs is 4. The second-order valence-corrected chi connectivity index (χ2v) is 14.4. The Morgan fingerprint density at radius 2 is 1.05 bits per heavy atom. The number of para-hydroxylation sites is 1. The summed E-state index contributed by atoms with van der Waals surface area (Å²) in [6.45, 7) is 2.02. The third-order valence-corrected chi connectivity index (χ3v) is 11.1. The van der Waals surface area contributed by atoms with Gasteiger partial charge in [0.1, 0.15) is 0 Å². The van der Waals surface area contributed by atoms with Gasteiger partial charge in [0.25, 0.3) is 11.8 Å². The summed E-state index contributed by atoms with van der Waals surface area (Å²) in [7, 11) is 0. The molecule has 0 aliphatic carbocycles. The second kappa shape index (κ2) is 13.5. The van der Waals surface area contributed by atoms with E-state index in [9.17, 15) is 10.1 Å².